The average Bonchev–Trinajstić information content (AvgIpc) is 3.26. The third kappa shape index (κ3) is 5.20. The Balaban J connectivity index is 1.59. The lowest BCUT2D eigenvalue weighted by molar-refractivity contribution is -0.124. The van der Waals surface area contributed by atoms with E-state index >= 15 is 0 Å². The first kappa shape index (κ1) is 23.6. The highest BCUT2D eigenvalue weighted by Crippen LogP contribution is 2.34. The van der Waals surface area contributed by atoms with Gasteiger partial charge in [-0.15, -0.1) is 0 Å². The molecule has 2 aromatic rings. The minimum Gasteiger partial charge on any atom is -0.454 e. The van der Waals surface area contributed by atoms with Gasteiger partial charge in [-0.1, -0.05) is 26.0 Å². The number of nitrogens with zero attached hydrogens (tertiary/aromatic N) is 1. The van der Waals surface area contributed by atoms with Gasteiger partial charge in [0.05, 0.1) is 16.5 Å². The van der Waals surface area contributed by atoms with Crippen molar-refractivity contribution in [3.63, 3.8) is 0 Å². The molecule has 1 amide bonds. The largest absolute Gasteiger partial charge is 0.454 e. The molecular formula is C22H26N2O7S. The molecule has 1 aliphatic rings. The van der Waals surface area contributed by atoms with E-state index in [1.165, 1.54) is 28.6 Å². The fourth-order valence-electron chi connectivity index (χ4n) is 3.26. The van der Waals surface area contributed by atoms with Crippen LogP contribution in [0.25, 0.3) is 0 Å². The number of hydrogen-bond acceptors (Lipinski definition) is 7. The van der Waals surface area contributed by atoms with Gasteiger partial charge in [-0.2, -0.15) is 4.31 Å². The van der Waals surface area contributed by atoms with Gasteiger partial charge in [0.25, 0.3) is 5.91 Å². The highest BCUT2D eigenvalue weighted by Gasteiger charge is 2.23. The second-order valence-electron chi connectivity index (χ2n) is 7.10. The Kier molecular flexibility index (Phi) is 7.37. The summed E-state index contributed by atoms with van der Waals surface area (Å²) in [6.45, 7) is 5.56. The van der Waals surface area contributed by atoms with Crippen molar-refractivity contribution >= 4 is 21.9 Å². The van der Waals surface area contributed by atoms with E-state index in [1.54, 1.807) is 32.9 Å². The van der Waals surface area contributed by atoms with Gasteiger partial charge in [-0.05, 0) is 42.8 Å². The Bertz CT molecular complexity index is 1100. The smallest absolute Gasteiger partial charge is 0.338 e. The molecule has 3 rings (SSSR count). The average molecular weight is 463 g/mol. The van der Waals surface area contributed by atoms with Crippen LogP contribution in [-0.2, 0) is 19.6 Å². The number of ether oxygens (including phenoxy) is 3. The van der Waals surface area contributed by atoms with E-state index in [-0.39, 0.29) is 23.3 Å². The van der Waals surface area contributed by atoms with Gasteiger partial charge >= 0.3 is 5.97 Å². The Hall–Kier alpha value is -3.11. The summed E-state index contributed by atoms with van der Waals surface area (Å²) in [6, 6.07) is 10.6. The lowest BCUT2D eigenvalue weighted by atomic mass is 10.1. The fourth-order valence-corrected chi connectivity index (χ4v) is 4.76. The van der Waals surface area contributed by atoms with Crippen molar-refractivity contribution in [2.24, 2.45) is 0 Å². The second-order valence-corrected chi connectivity index (χ2v) is 9.03. The number of nitrogens with one attached hydrogen (secondary N) is 1. The molecule has 0 aliphatic carbocycles. The number of rotatable bonds is 9. The Morgan fingerprint density at radius 1 is 1.09 bits per heavy atom. The Morgan fingerprint density at radius 2 is 1.81 bits per heavy atom. The van der Waals surface area contributed by atoms with Crippen LogP contribution in [0, 0.1) is 0 Å². The van der Waals surface area contributed by atoms with E-state index in [9.17, 15) is 18.0 Å². The first-order chi connectivity index (χ1) is 15.3. The Morgan fingerprint density at radius 3 is 2.53 bits per heavy atom. The van der Waals surface area contributed by atoms with E-state index in [4.69, 9.17) is 14.2 Å². The zero-order valence-corrected chi connectivity index (χ0v) is 19.0. The predicted molar refractivity (Wildman–Crippen MR) is 116 cm³/mol. The second kappa shape index (κ2) is 10.0. The molecule has 0 fully saturated rings. The maximum atomic E-state index is 12.7. The summed E-state index contributed by atoms with van der Waals surface area (Å²) >= 11 is 0. The van der Waals surface area contributed by atoms with Crippen molar-refractivity contribution < 1.29 is 32.2 Å². The number of amides is 1. The lowest BCUT2D eigenvalue weighted by Gasteiger charge is -2.18. The van der Waals surface area contributed by atoms with Crippen LogP contribution < -0.4 is 14.8 Å². The maximum Gasteiger partial charge on any atom is 0.338 e. The van der Waals surface area contributed by atoms with Crippen LogP contribution in [0.1, 0.15) is 42.7 Å². The number of benzene rings is 2. The van der Waals surface area contributed by atoms with Gasteiger partial charge in [0.1, 0.15) is 0 Å². The summed E-state index contributed by atoms with van der Waals surface area (Å²) < 4.78 is 42.3. The number of sulfonamides is 1. The van der Waals surface area contributed by atoms with Crippen molar-refractivity contribution in [3.05, 3.63) is 53.6 Å². The summed E-state index contributed by atoms with van der Waals surface area (Å²) in [5, 5.41) is 2.74. The molecule has 1 aliphatic heterocycles. The monoisotopic (exact) mass is 462 g/mol. The number of carbonyl (C=O) groups excluding carboxylic acids is 2. The minimum atomic E-state index is -3.71. The molecule has 1 heterocycles. The molecule has 1 N–H and O–H groups in total. The highest BCUT2D eigenvalue weighted by atomic mass is 32.2. The molecule has 1 atom stereocenters. The van der Waals surface area contributed by atoms with Crippen molar-refractivity contribution in [2.45, 2.75) is 31.7 Å². The van der Waals surface area contributed by atoms with Gasteiger partial charge in [0, 0.05) is 13.1 Å². The van der Waals surface area contributed by atoms with E-state index in [1.807, 2.05) is 6.07 Å². The maximum absolute atomic E-state index is 12.7. The van der Waals surface area contributed by atoms with Crippen LogP contribution in [0.4, 0.5) is 0 Å². The number of fused-ring (bicyclic) bond motifs is 1. The SMILES string of the molecule is CCN(CC)S(=O)(=O)c1cccc(C(=O)OCC(=O)NC(C)c2ccc3c(c2)OCO3)c1. The lowest BCUT2D eigenvalue weighted by Crippen LogP contribution is -2.31. The molecule has 0 bridgehead atoms. The predicted octanol–water partition coefficient (Wildman–Crippen LogP) is 2.48. The molecule has 0 aromatic heterocycles. The normalized spacial score (nSPS) is 13.6. The molecule has 172 valence electrons. The number of hydrogen-bond donors (Lipinski definition) is 1. The summed E-state index contributed by atoms with van der Waals surface area (Å²) in [5.41, 5.74) is 0.859. The minimum absolute atomic E-state index is 0.00321. The quantitative estimate of drug-likeness (QED) is 0.570. The molecule has 0 radical (unpaired) electrons. The van der Waals surface area contributed by atoms with Gasteiger partial charge in [0.15, 0.2) is 18.1 Å². The van der Waals surface area contributed by atoms with Gasteiger partial charge < -0.3 is 19.5 Å². The summed E-state index contributed by atoms with van der Waals surface area (Å²) in [4.78, 5) is 24.6. The van der Waals surface area contributed by atoms with Crippen LogP contribution in [0.2, 0.25) is 0 Å². The molecular weight excluding hydrogens is 436 g/mol. The fraction of sp³-hybridized carbons (Fsp3) is 0.364. The number of carbonyl (C=O) groups is 2. The highest BCUT2D eigenvalue weighted by molar-refractivity contribution is 7.89. The standard InChI is InChI=1S/C22H26N2O7S/c1-4-24(5-2)32(27,28)18-8-6-7-17(11-18)22(26)29-13-21(25)23-15(3)16-9-10-19-20(12-16)31-14-30-19/h6-12,15H,4-5,13-14H2,1-3H3,(H,23,25). The van der Waals surface area contributed by atoms with Crippen LogP contribution >= 0.6 is 0 Å². The Labute approximate surface area is 187 Å². The topological polar surface area (TPSA) is 111 Å². The first-order valence-corrected chi connectivity index (χ1v) is 11.7. The van der Waals surface area contributed by atoms with Crippen molar-refractivity contribution in [1.29, 1.82) is 0 Å². The molecule has 0 saturated carbocycles. The molecule has 0 spiro atoms. The van der Waals surface area contributed by atoms with E-state index in [0.717, 1.165) is 5.56 Å². The van der Waals surface area contributed by atoms with Crippen molar-refractivity contribution in [2.75, 3.05) is 26.5 Å². The van der Waals surface area contributed by atoms with Crippen LogP contribution in [-0.4, -0.2) is 51.1 Å². The number of esters is 1. The third-order valence-corrected chi connectivity index (χ3v) is 7.07. The van der Waals surface area contributed by atoms with Crippen molar-refractivity contribution in [1.82, 2.24) is 9.62 Å². The first-order valence-electron chi connectivity index (χ1n) is 10.2. The molecule has 2 aromatic carbocycles. The molecule has 0 saturated heterocycles. The van der Waals surface area contributed by atoms with Gasteiger partial charge in [-0.25, -0.2) is 13.2 Å². The van der Waals surface area contributed by atoms with E-state index < -0.39 is 28.5 Å². The zero-order chi connectivity index (χ0) is 23.3. The van der Waals surface area contributed by atoms with Crippen LogP contribution in [0.15, 0.2) is 47.4 Å². The van der Waals surface area contributed by atoms with Gasteiger partial charge in [0.2, 0.25) is 16.8 Å². The van der Waals surface area contributed by atoms with Crippen LogP contribution in [0.3, 0.4) is 0 Å². The molecule has 1 unspecified atom stereocenters. The molecule has 10 heteroatoms. The van der Waals surface area contributed by atoms with Gasteiger partial charge in [-0.3, -0.25) is 4.79 Å². The summed E-state index contributed by atoms with van der Waals surface area (Å²) in [7, 11) is -3.71. The summed E-state index contributed by atoms with van der Waals surface area (Å²) in [5.74, 6) is -0.0241. The van der Waals surface area contributed by atoms with Crippen LogP contribution in [0.5, 0.6) is 11.5 Å². The van der Waals surface area contributed by atoms with E-state index in [2.05, 4.69) is 5.32 Å². The zero-order valence-electron chi connectivity index (χ0n) is 18.2. The third-order valence-electron chi connectivity index (χ3n) is 5.02. The van der Waals surface area contributed by atoms with E-state index in [0.29, 0.717) is 24.6 Å². The molecule has 32 heavy (non-hydrogen) atoms. The van der Waals surface area contributed by atoms with Crippen molar-refractivity contribution in [3.8, 4) is 11.5 Å². The molecule has 9 nitrogen and oxygen atoms in total. The summed E-state index contributed by atoms with van der Waals surface area (Å²) in [6.07, 6.45) is 0.